The van der Waals surface area contributed by atoms with E-state index in [0.29, 0.717) is 17.1 Å². The number of rotatable bonds is 4. The second-order valence-corrected chi connectivity index (χ2v) is 5.43. The molecule has 7 nitrogen and oxygen atoms in total. The van der Waals surface area contributed by atoms with Crippen molar-refractivity contribution < 1.29 is 14.3 Å². The average molecular weight is 337 g/mol. The van der Waals surface area contributed by atoms with Gasteiger partial charge in [-0.15, -0.1) is 0 Å². The molecule has 7 heteroatoms. The first kappa shape index (κ1) is 16.3. The molecule has 0 aliphatic heterocycles. The molecule has 3 rings (SSSR count). The van der Waals surface area contributed by atoms with E-state index in [2.05, 4.69) is 0 Å². The molecule has 0 amide bonds. The lowest BCUT2D eigenvalue weighted by Gasteiger charge is -2.01. The van der Waals surface area contributed by atoms with Crippen LogP contribution in [-0.4, -0.2) is 9.85 Å². The molecule has 0 N–H and O–H groups in total. The number of aryl methyl sites for hydroxylation is 1. The first-order chi connectivity index (χ1) is 11.9. The van der Waals surface area contributed by atoms with E-state index in [9.17, 15) is 20.2 Å². The number of benzene rings is 2. The summed E-state index contributed by atoms with van der Waals surface area (Å²) in [5, 5.41) is 21.5. The Labute approximate surface area is 142 Å². The molecule has 1 aromatic heterocycles. The van der Waals surface area contributed by atoms with Crippen LogP contribution in [0.25, 0.3) is 22.5 Å². The predicted molar refractivity (Wildman–Crippen MR) is 92.0 cm³/mol. The molecule has 3 aromatic rings. The maximum atomic E-state index is 10.8. The van der Waals surface area contributed by atoms with Gasteiger partial charge in [0.2, 0.25) is 0 Å². The van der Waals surface area contributed by atoms with Crippen LogP contribution in [-0.2, 0) is 0 Å². The molecule has 0 spiro atoms. The van der Waals surface area contributed by atoms with Crippen molar-refractivity contribution in [2.24, 2.45) is 0 Å². The van der Waals surface area contributed by atoms with Gasteiger partial charge in [-0.25, -0.2) is 4.42 Å². The van der Waals surface area contributed by atoms with Crippen LogP contribution >= 0.6 is 0 Å². The van der Waals surface area contributed by atoms with Crippen LogP contribution in [0, 0.1) is 27.2 Å². The van der Waals surface area contributed by atoms with Gasteiger partial charge in [-0.3, -0.25) is 20.2 Å². The van der Waals surface area contributed by atoms with Crippen molar-refractivity contribution >= 4 is 11.4 Å². The normalized spacial score (nSPS) is 10.4. The van der Waals surface area contributed by atoms with Crippen molar-refractivity contribution in [1.82, 2.24) is 0 Å². The van der Waals surface area contributed by atoms with E-state index in [1.165, 1.54) is 24.3 Å². The Kier molecular flexibility index (Phi) is 4.21. The standard InChI is InChI=1S/C18H13N2O5/c1-12-10-15(13-2-6-16(7-3-13)19(21)22)11-18(25-12)14-4-8-17(9-5-14)20(23)24/h2-11H,1H3/q+1. The van der Waals surface area contributed by atoms with E-state index in [1.807, 2.05) is 6.07 Å². The van der Waals surface area contributed by atoms with Crippen LogP contribution < -0.4 is 0 Å². The van der Waals surface area contributed by atoms with Gasteiger partial charge in [0.1, 0.15) is 0 Å². The fourth-order valence-corrected chi connectivity index (χ4v) is 2.47. The van der Waals surface area contributed by atoms with E-state index < -0.39 is 9.85 Å². The highest BCUT2D eigenvalue weighted by Crippen LogP contribution is 2.30. The van der Waals surface area contributed by atoms with E-state index in [-0.39, 0.29) is 11.4 Å². The number of non-ortho nitro benzene ring substituents is 2. The Morgan fingerprint density at radius 3 is 1.68 bits per heavy atom. The van der Waals surface area contributed by atoms with Gasteiger partial charge in [-0.2, -0.15) is 0 Å². The van der Waals surface area contributed by atoms with Crippen molar-refractivity contribution in [3.8, 4) is 22.5 Å². The molecule has 124 valence electrons. The molecule has 0 aliphatic carbocycles. The molecule has 0 unspecified atom stereocenters. The first-order valence-electron chi connectivity index (χ1n) is 7.38. The van der Waals surface area contributed by atoms with Crippen LogP contribution in [0.15, 0.2) is 65.1 Å². The molecule has 1 heterocycles. The summed E-state index contributed by atoms with van der Waals surface area (Å²) >= 11 is 0. The second-order valence-electron chi connectivity index (χ2n) is 5.43. The molecule has 0 saturated heterocycles. The minimum atomic E-state index is -0.459. The SMILES string of the molecule is Cc1cc(-c2ccc([N+](=O)[O-])cc2)cc(-c2ccc([N+](=O)[O-])cc2)[o+]1. The quantitative estimate of drug-likeness (QED) is 0.378. The molecule has 0 fully saturated rings. The lowest BCUT2D eigenvalue weighted by atomic mass is 10.0. The summed E-state index contributed by atoms with van der Waals surface area (Å²) in [4.78, 5) is 20.6. The minimum absolute atomic E-state index is 0.00648. The van der Waals surface area contributed by atoms with Gasteiger partial charge in [0, 0.05) is 35.9 Å². The van der Waals surface area contributed by atoms with Crippen molar-refractivity contribution in [2.75, 3.05) is 0 Å². The van der Waals surface area contributed by atoms with E-state index in [4.69, 9.17) is 4.42 Å². The Balaban J connectivity index is 2.00. The van der Waals surface area contributed by atoms with Crippen LogP contribution in [0.2, 0.25) is 0 Å². The van der Waals surface area contributed by atoms with Crippen LogP contribution in [0.5, 0.6) is 0 Å². The van der Waals surface area contributed by atoms with Gasteiger partial charge < -0.3 is 0 Å². The highest BCUT2D eigenvalue weighted by Gasteiger charge is 2.18. The van der Waals surface area contributed by atoms with E-state index in [1.54, 1.807) is 37.3 Å². The highest BCUT2D eigenvalue weighted by molar-refractivity contribution is 5.70. The summed E-state index contributed by atoms with van der Waals surface area (Å²) in [5.41, 5.74) is 2.39. The highest BCUT2D eigenvalue weighted by atomic mass is 16.6. The largest absolute Gasteiger partial charge is 0.360 e. The third kappa shape index (κ3) is 3.50. The molecule has 0 atom stereocenters. The van der Waals surface area contributed by atoms with Crippen molar-refractivity contribution in [3.63, 3.8) is 0 Å². The summed E-state index contributed by atoms with van der Waals surface area (Å²) < 4.78 is 5.71. The number of hydrogen-bond donors (Lipinski definition) is 0. The molecule has 0 radical (unpaired) electrons. The number of nitro benzene ring substituents is 2. The molecular formula is C18H13N2O5+. The second kappa shape index (κ2) is 6.48. The maximum absolute atomic E-state index is 10.8. The number of nitrogens with zero attached hydrogens (tertiary/aromatic N) is 2. The molecular weight excluding hydrogens is 324 g/mol. The topological polar surface area (TPSA) is 97.6 Å². The van der Waals surface area contributed by atoms with Gasteiger partial charge >= 0.3 is 11.5 Å². The van der Waals surface area contributed by atoms with E-state index in [0.717, 1.165) is 11.1 Å². The number of nitro groups is 2. The Hall–Kier alpha value is -3.61. The molecule has 2 aromatic carbocycles. The fraction of sp³-hybridized carbons (Fsp3) is 0.0556. The summed E-state index contributed by atoms with van der Waals surface area (Å²) in [6, 6.07) is 15.9. The Bertz CT molecular complexity index is 874. The maximum Gasteiger partial charge on any atom is 0.360 e. The Morgan fingerprint density at radius 2 is 1.20 bits per heavy atom. The average Bonchev–Trinajstić information content (AvgIpc) is 2.61. The lowest BCUT2D eigenvalue weighted by molar-refractivity contribution is -0.385. The van der Waals surface area contributed by atoms with Crippen molar-refractivity contribution in [3.05, 3.63) is 86.7 Å². The first-order valence-corrected chi connectivity index (χ1v) is 7.38. The van der Waals surface area contributed by atoms with Gasteiger partial charge in [0.05, 0.1) is 28.4 Å². The molecule has 0 saturated carbocycles. The summed E-state index contributed by atoms with van der Waals surface area (Å²) in [5.74, 6) is 1.22. The van der Waals surface area contributed by atoms with Crippen LogP contribution in [0.1, 0.15) is 5.76 Å². The summed E-state index contributed by atoms with van der Waals surface area (Å²) in [6.07, 6.45) is 0. The van der Waals surface area contributed by atoms with Gasteiger partial charge in [-0.05, 0) is 29.8 Å². The monoisotopic (exact) mass is 337 g/mol. The zero-order valence-electron chi connectivity index (χ0n) is 13.2. The van der Waals surface area contributed by atoms with Crippen LogP contribution in [0.3, 0.4) is 0 Å². The lowest BCUT2D eigenvalue weighted by Crippen LogP contribution is -1.89. The fourth-order valence-electron chi connectivity index (χ4n) is 2.47. The molecule has 0 aliphatic rings. The van der Waals surface area contributed by atoms with Crippen LogP contribution in [0.4, 0.5) is 11.4 Å². The zero-order valence-corrected chi connectivity index (χ0v) is 13.2. The molecule has 0 bridgehead atoms. The third-order valence-corrected chi connectivity index (χ3v) is 3.69. The van der Waals surface area contributed by atoms with Crippen molar-refractivity contribution in [1.29, 1.82) is 0 Å². The predicted octanol–water partition coefficient (Wildman–Crippen LogP) is 5.02. The number of hydrogen-bond acceptors (Lipinski definition) is 4. The Morgan fingerprint density at radius 1 is 0.720 bits per heavy atom. The van der Waals surface area contributed by atoms with E-state index >= 15 is 0 Å². The summed E-state index contributed by atoms with van der Waals surface area (Å²) in [7, 11) is 0. The minimum Gasteiger partial charge on any atom is -0.258 e. The zero-order chi connectivity index (χ0) is 18.0. The summed E-state index contributed by atoms with van der Waals surface area (Å²) in [6.45, 7) is 1.80. The van der Waals surface area contributed by atoms with Crippen molar-refractivity contribution in [2.45, 2.75) is 6.92 Å². The molecule has 25 heavy (non-hydrogen) atoms. The van der Waals surface area contributed by atoms with Gasteiger partial charge in [-0.1, -0.05) is 0 Å². The third-order valence-electron chi connectivity index (χ3n) is 3.69. The van der Waals surface area contributed by atoms with Gasteiger partial charge in [0.25, 0.3) is 11.4 Å². The van der Waals surface area contributed by atoms with Gasteiger partial charge in [0.15, 0.2) is 0 Å². The smallest absolute Gasteiger partial charge is 0.258 e.